The van der Waals surface area contributed by atoms with Crippen LogP contribution in [-0.2, 0) is 0 Å². The summed E-state index contributed by atoms with van der Waals surface area (Å²) < 4.78 is 0. The predicted molar refractivity (Wildman–Crippen MR) is 63.1 cm³/mol. The Bertz CT molecular complexity index is 283. The summed E-state index contributed by atoms with van der Waals surface area (Å²) >= 11 is 0. The van der Waals surface area contributed by atoms with Gasteiger partial charge in [-0.15, -0.1) is 12.4 Å². The van der Waals surface area contributed by atoms with Gasteiger partial charge in [0.05, 0.1) is 0 Å². The average molecular weight is 212 g/mol. The van der Waals surface area contributed by atoms with Crippen LogP contribution in [0.3, 0.4) is 0 Å². The van der Waals surface area contributed by atoms with Crippen molar-refractivity contribution < 1.29 is 0 Å². The smallest absolute Gasteiger partial charge is 0.0325 e. The van der Waals surface area contributed by atoms with Crippen LogP contribution < -0.4 is 5.32 Å². The molecule has 1 unspecified atom stereocenters. The first-order valence-corrected chi connectivity index (χ1v) is 5.08. The highest BCUT2D eigenvalue weighted by molar-refractivity contribution is 5.85. The minimum atomic E-state index is 0. The van der Waals surface area contributed by atoms with Gasteiger partial charge in [-0.3, -0.25) is 0 Å². The van der Waals surface area contributed by atoms with Crippen molar-refractivity contribution in [3.05, 3.63) is 34.9 Å². The molecular formula is C12H18ClN. The summed E-state index contributed by atoms with van der Waals surface area (Å²) in [6.45, 7) is 5.60. The zero-order chi connectivity index (χ0) is 9.26. The molecule has 1 aliphatic heterocycles. The molecule has 0 radical (unpaired) electrons. The summed E-state index contributed by atoms with van der Waals surface area (Å²) in [6, 6.07) is 7.18. The first-order chi connectivity index (χ1) is 6.29. The fraction of sp³-hybridized carbons (Fsp3) is 0.500. The molecule has 1 heterocycles. The molecule has 1 aromatic rings. The summed E-state index contributed by atoms with van der Waals surface area (Å²) in [6.07, 6.45) is 2.62. The molecule has 0 amide bonds. The van der Waals surface area contributed by atoms with Crippen molar-refractivity contribution in [3.63, 3.8) is 0 Å². The molecule has 0 aromatic heterocycles. The Kier molecular flexibility index (Phi) is 3.97. The largest absolute Gasteiger partial charge is 0.310 e. The number of nitrogens with one attached hydrogen (secondary N) is 1. The van der Waals surface area contributed by atoms with Crippen LogP contribution in [0.15, 0.2) is 18.2 Å². The molecule has 2 rings (SSSR count). The minimum Gasteiger partial charge on any atom is -0.310 e. The predicted octanol–water partition coefficient (Wildman–Crippen LogP) is 3.15. The van der Waals surface area contributed by atoms with Gasteiger partial charge in [0.1, 0.15) is 0 Å². The summed E-state index contributed by atoms with van der Waals surface area (Å²) in [7, 11) is 0. The topological polar surface area (TPSA) is 12.0 Å². The minimum absolute atomic E-state index is 0. The number of hydrogen-bond donors (Lipinski definition) is 1. The number of hydrogen-bond acceptors (Lipinski definition) is 1. The molecule has 1 aliphatic rings. The second-order valence-corrected chi connectivity index (χ2v) is 3.95. The van der Waals surface area contributed by atoms with Crippen LogP contribution in [0.4, 0.5) is 0 Å². The van der Waals surface area contributed by atoms with Gasteiger partial charge in [0.25, 0.3) is 0 Å². The van der Waals surface area contributed by atoms with E-state index in [1.54, 1.807) is 0 Å². The normalized spacial score (nSPS) is 20.6. The number of aryl methyl sites for hydroxylation is 2. The second-order valence-electron chi connectivity index (χ2n) is 3.95. The van der Waals surface area contributed by atoms with Gasteiger partial charge in [-0.25, -0.2) is 0 Å². The Morgan fingerprint density at radius 2 is 1.86 bits per heavy atom. The van der Waals surface area contributed by atoms with Gasteiger partial charge in [-0.05, 0) is 49.9 Å². The second kappa shape index (κ2) is 4.81. The third kappa shape index (κ3) is 2.10. The molecule has 1 atom stereocenters. The molecule has 0 bridgehead atoms. The van der Waals surface area contributed by atoms with Gasteiger partial charge < -0.3 is 5.32 Å². The van der Waals surface area contributed by atoms with Crippen LogP contribution in [0.2, 0.25) is 0 Å². The van der Waals surface area contributed by atoms with Crippen molar-refractivity contribution >= 4 is 12.4 Å². The standard InChI is InChI=1S/C12H17N.ClH/c1-9-5-3-6-10(2)12(9)11-7-4-8-13-11;/h3,5-6,11,13H,4,7-8H2,1-2H3;1H. The van der Waals surface area contributed by atoms with Crippen LogP contribution in [-0.4, -0.2) is 6.54 Å². The van der Waals surface area contributed by atoms with E-state index in [4.69, 9.17) is 0 Å². The lowest BCUT2D eigenvalue weighted by Gasteiger charge is -2.16. The summed E-state index contributed by atoms with van der Waals surface area (Å²) in [4.78, 5) is 0. The van der Waals surface area contributed by atoms with Crippen LogP contribution in [0.1, 0.15) is 35.6 Å². The van der Waals surface area contributed by atoms with Gasteiger partial charge in [0.2, 0.25) is 0 Å². The summed E-state index contributed by atoms with van der Waals surface area (Å²) in [5, 5.41) is 3.55. The van der Waals surface area contributed by atoms with Gasteiger partial charge in [-0.2, -0.15) is 0 Å². The van der Waals surface area contributed by atoms with Crippen molar-refractivity contribution in [3.8, 4) is 0 Å². The van der Waals surface area contributed by atoms with Crippen molar-refractivity contribution in [2.24, 2.45) is 0 Å². The Morgan fingerprint density at radius 1 is 1.21 bits per heavy atom. The van der Waals surface area contributed by atoms with Crippen LogP contribution in [0.25, 0.3) is 0 Å². The van der Waals surface area contributed by atoms with E-state index in [-0.39, 0.29) is 12.4 Å². The van der Waals surface area contributed by atoms with E-state index in [9.17, 15) is 0 Å². The van der Waals surface area contributed by atoms with E-state index in [0.29, 0.717) is 6.04 Å². The van der Waals surface area contributed by atoms with E-state index in [2.05, 4.69) is 37.4 Å². The maximum atomic E-state index is 3.55. The number of benzene rings is 1. The van der Waals surface area contributed by atoms with Crippen LogP contribution in [0.5, 0.6) is 0 Å². The fourth-order valence-electron chi connectivity index (χ4n) is 2.31. The molecule has 1 nitrogen and oxygen atoms in total. The monoisotopic (exact) mass is 211 g/mol. The molecule has 1 N–H and O–H groups in total. The molecule has 0 saturated carbocycles. The zero-order valence-corrected chi connectivity index (χ0v) is 9.66. The SMILES string of the molecule is Cc1cccc(C)c1C1CCCN1.Cl. The molecule has 14 heavy (non-hydrogen) atoms. The molecule has 2 heteroatoms. The lowest BCUT2D eigenvalue weighted by Crippen LogP contribution is -2.15. The third-order valence-electron chi connectivity index (χ3n) is 2.95. The summed E-state index contributed by atoms with van der Waals surface area (Å²) in [5.74, 6) is 0. The Labute approximate surface area is 92.3 Å². The van der Waals surface area contributed by atoms with Gasteiger partial charge >= 0.3 is 0 Å². The van der Waals surface area contributed by atoms with E-state index < -0.39 is 0 Å². The van der Waals surface area contributed by atoms with Crippen LogP contribution in [0, 0.1) is 13.8 Å². The van der Waals surface area contributed by atoms with Crippen molar-refractivity contribution in [1.29, 1.82) is 0 Å². The van der Waals surface area contributed by atoms with Crippen molar-refractivity contribution in [1.82, 2.24) is 5.32 Å². The summed E-state index contributed by atoms with van der Waals surface area (Å²) in [5.41, 5.74) is 4.39. The maximum Gasteiger partial charge on any atom is 0.0325 e. The molecule has 1 aromatic carbocycles. The highest BCUT2D eigenvalue weighted by Crippen LogP contribution is 2.28. The first-order valence-electron chi connectivity index (χ1n) is 5.08. The average Bonchev–Trinajstić information content (AvgIpc) is 2.57. The molecule has 78 valence electrons. The first kappa shape index (κ1) is 11.5. The quantitative estimate of drug-likeness (QED) is 0.753. The van der Waals surface area contributed by atoms with Crippen molar-refractivity contribution in [2.45, 2.75) is 32.7 Å². The lowest BCUT2D eigenvalue weighted by atomic mass is 9.95. The Hall–Kier alpha value is -0.530. The maximum absolute atomic E-state index is 3.55. The van der Waals surface area contributed by atoms with E-state index in [1.807, 2.05) is 0 Å². The number of halogens is 1. The third-order valence-corrected chi connectivity index (χ3v) is 2.95. The van der Waals surface area contributed by atoms with Crippen molar-refractivity contribution in [2.75, 3.05) is 6.54 Å². The van der Waals surface area contributed by atoms with E-state index in [0.717, 1.165) is 0 Å². The van der Waals surface area contributed by atoms with E-state index >= 15 is 0 Å². The Balaban J connectivity index is 0.000000980. The molecule has 1 fully saturated rings. The molecular weight excluding hydrogens is 194 g/mol. The zero-order valence-electron chi connectivity index (χ0n) is 8.84. The molecule has 1 saturated heterocycles. The number of rotatable bonds is 1. The highest BCUT2D eigenvalue weighted by atomic mass is 35.5. The Morgan fingerprint density at radius 3 is 2.36 bits per heavy atom. The van der Waals surface area contributed by atoms with Gasteiger partial charge in [0, 0.05) is 6.04 Å². The van der Waals surface area contributed by atoms with Crippen LogP contribution >= 0.6 is 12.4 Å². The van der Waals surface area contributed by atoms with Gasteiger partial charge in [-0.1, -0.05) is 18.2 Å². The molecule has 0 aliphatic carbocycles. The molecule has 0 spiro atoms. The lowest BCUT2D eigenvalue weighted by molar-refractivity contribution is 0.640. The van der Waals surface area contributed by atoms with E-state index in [1.165, 1.54) is 36.1 Å². The van der Waals surface area contributed by atoms with Gasteiger partial charge in [0.15, 0.2) is 0 Å². The fourth-order valence-corrected chi connectivity index (χ4v) is 2.31. The highest BCUT2D eigenvalue weighted by Gasteiger charge is 2.18.